The summed E-state index contributed by atoms with van der Waals surface area (Å²) in [6.07, 6.45) is 6.44. The second-order valence-electron chi connectivity index (χ2n) is 6.95. The first kappa shape index (κ1) is 16.1. The van der Waals surface area contributed by atoms with Gasteiger partial charge in [0.1, 0.15) is 0 Å². The van der Waals surface area contributed by atoms with Crippen LogP contribution in [0.4, 0.5) is 0 Å². The molecule has 0 saturated heterocycles. The molecule has 0 saturated carbocycles. The lowest BCUT2D eigenvalue weighted by Gasteiger charge is -2.24. The first-order chi connectivity index (χ1) is 11.0. The predicted molar refractivity (Wildman–Crippen MR) is 91.5 cm³/mol. The van der Waals surface area contributed by atoms with Gasteiger partial charge >= 0.3 is 0 Å². The van der Waals surface area contributed by atoms with Crippen molar-refractivity contribution in [3.8, 4) is 11.5 Å². The molecule has 3 nitrogen and oxygen atoms in total. The first-order valence-electron chi connectivity index (χ1n) is 8.55. The van der Waals surface area contributed by atoms with Gasteiger partial charge in [0.15, 0.2) is 17.3 Å². The molecule has 0 aromatic heterocycles. The van der Waals surface area contributed by atoms with E-state index in [9.17, 15) is 4.79 Å². The van der Waals surface area contributed by atoms with Crippen molar-refractivity contribution < 1.29 is 14.3 Å². The minimum Gasteiger partial charge on any atom is -0.493 e. The Morgan fingerprint density at radius 2 is 1.83 bits per heavy atom. The molecule has 1 aromatic rings. The van der Waals surface area contributed by atoms with Gasteiger partial charge in [-0.05, 0) is 49.2 Å². The molecule has 0 radical (unpaired) electrons. The Morgan fingerprint density at radius 1 is 1.09 bits per heavy atom. The Labute approximate surface area is 138 Å². The summed E-state index contributed by atoms with van der Waals surface area (Å²) in [5.74, 6) is 2.91. The van der Waals surface area contributed by atoms with E-state index in [0.29, 0.717) is 18.3 Å². The van der Waals surface area contributed by atoms with E-state index < -0.39 is 0 Å². The van der Waals surface area contributed by atoms with Crippen LogP contribution in [0.5, 0.6) is 11.5 Å². The lowest BCUT2D eigenvalue weighted by Crippen LogP contribution is -2.15. The summed E-state index contributed by atoms with van der Waals surface area (Å²) in [4.78, 5) is 11.7. The SMILES string of the molecule is COc1c(C(C)C)cc2c(c1OC)CC1CCC(=O)C=C1CC2. The van der Waals surface area contributed by atoms with E-state index in [1.165, 1.54) is 22.3 Å². The van der Waals surface area contributed by atoms with E-state index in [0.717, 1.165) is 37.2 Å². The number of hydrogen-bond donors (Lipinski definition) is 0. The van der Waals surface area contributed by atoms with Crippen molar-refractivity contribution in [1.29, 1.82) is 0 Å². The van der Waals surface area contributed by atoms with E-state index >= 15 is 0 Å². The van der Waals surface area contributed by atoms with Crippen LogP contribution in [0.2, 0.25) is 0 Å². The number of hydrogen-bond acceptors (Lipinski definition) is 3. The second kappa shape index (κ2) is 6.38. The molecule has 124 valence electrons. The van der Waals surface area contributed by atoms with Gasteiger partial charge in [0, 0.05) is 17.5 Å². The topological polar surface area (TPSA) is 35.5 Å². The highest BCUT2D eigenvalue weighted by atomic mass is 16.5. The van der Waals surface area contributed by atoms with Crippen molar-refractivity contribution in [1.82, 2.24) is 0 Å². The molecule has 0 bridgehead atoms. The van der Waals surface area contributed by atoms with Gasteiger partial charge in [-0.25, -0.2) is 0 Å². The van der Waals surface area contributed by atoms with Crippen molar-refractivity contribution >= 4 is 5.78 Å². The highest BCUT2D eigenvalue weighted by Gasteiger charge is 2.29. The number of ether oxygens (including phenoxy) is 2. The average molecular weight is 314 g/mol. The van der Waals surface area contributed by atoms with E-state index in [1.807, 2.05) is 6.08 Å². The summed E-state index contributed by atoms with van der Waals surface area (Å²) in [5, 5.41) is 0. The van der Waals surface area contributed by atoms with Gasteiger partial charge in [0.05, 0.1) is 14.2 Å². The van der Waals surface area contributed by atoms with Crippen molar-refractivity contribution in [3.63, 3.8) is 0 Å². The highest BCUT2D eigenvalue weighted by molar-refractivity contribution is 5.91. The Balaban J connectivity index is 2.11. The van der Waals surface area contributed by atoms with Crippen LogP contribution in [0.1, 0.15) is 55.7 Å². The van der Waals surface area contributed by atoms with Crippen LogP contribution in [0.3, 0.4) is 0 Å². The fraction of sp³-hybridized carbons (Fsp3) is 0.550. The minimum absolute atomic E-state index is 0.287. The molecule has 3 heteroatoms. The zero-order valence-corrected chi connectivity index (χ0v) is 14.6. The lowest BCUT2D eigenvalue weighted by molar-refractivity contribution is -0.115. The third kappa shape index (κ3) is 2.89. The van der Waals surface area contributed by atoms with Crippen LogP contribution >= 0.6 is 0 Å². The van der Waals surface area contributed by atoms with Crippen LogP contribution in [0.25, 0.3) is 0 Å². The molecule has 0 spiro atoms. The number of aryl methyl sites for hydroxylation is 1. The average Bonchev–Trinajstić information content (AvgIpc) is 2.71. The maximum atomic E-state index is 11.7. The van der Waals surface area contributed by atoms with Crippen LogP contribution in [0.15, 0.2) is 17.7 Å². The van der Waals surface area contributed by atoms with Crippen molar-refractivity contribution in [2.24, 2.45) is 5.92 Å². The molecular weight excluding hydrogens is 288 g/mol. The van der Waals surface area contributed by atoms with Crippen molar-refractivity contribution in [3.05, 3.63) is 34.4 Å². The Kier molecular flexibility index (Phi) is 4.47. The number of carbonyl (C=O) groups excluding carboxylic acids is 1. The van der Waals surface area contributed by atoms with Crippen LogP contribution < -0.4 is 9.47 Å². The van der Waals surface area contributed by atoms with Crippen LogP contribution in [-0.4, -0.2) is 20.0 Å². The summed E-state index contributed by atoms with van der Waals surface area (Å²) in [7, 11) is 3.45. The van der Waals surface area contributed by atoms with Gasteiger partial charge in [0.2, 0.25) is 0 Å². The van der Waals surface area contributed by atoms with E-state index in [-0.39, 0.29) is 5.78 Å². The first-order valence-corrected chi connectivity index (χ1v) is 8.55. The molecule has 2 aliphatic rings. The molecule has 0 N–H and O–H groups in total. The molecule has 2 aliphatic carbocycles. The van der Waals surface area contributed by atoms with Gasteiger partial charge in [-0.1, -0.05) is 25.5 Å². The number of fused-ring (bicyclic) bond motifs is 2. The summed E-state index contributed by atoms with van der Waals surface area (Å²) in [5.41, 5.74) is 5.16. The fourth-order valence-electron chi connectivity index (χ4n) is 3.99. The van der Waals surface area contributed by atoms with Crippen LogP contribution in [0, 0.1) is 5.92 Å². The van der Waals surface area contributed by atoms with Gasteiger partial charge in [-0.3, -0.25) is 4.79 Å². The molecule has 0 fully saturated rings. The molecule has 0 aliphatic heterocycles. The third-order valence-corrected chi connectivity index (χ3v) is 5.23. The van der Waals surface area contributed by atoms with E-state index in [2.05, 4.69) is 19.9 Å². The number of benzene rings is 1. The number of methoxy groups -OCH3 is 2. The molecular formula is C20H26O3. The standard InChI is InChI=1S/C20H26O3/c1-12(2)17-11-15-6-5-13-9-16(21)8-7-14(13)10-18(15)20(23-4)19(17)22-3/h9,11-12,14H,5-8,10H2,1-4H3. The number of allylic oxidation sites excluding steroid dienone is 2. The molecule has 0 amide bonds. The molecule has 3 rings (SSSR count). The van der Waals surface area contributed by atoms with Crippen molar-refractivity contribution in [2.75, 3.05) is 14.2 Å². The number of rotatable bonds is 3. The minimum atomic E-state index is 0.287. The summed E-state index contributed by atoms with van der Waals surface area (Å²) in [6, 6.07) is 2.29. The molecule has 0 heterocycles. The highest BCUT2D eigenvalue weighted by Crippen LogP contribution is 2.45. The third-order valence-electron chi connectivity index (χ3n) is 5.23. The Morgan fingerprint density at radius 3 is 2.48 bits per heavy atom. The summed E-state index contributed by atoms with van der Waals surface area (Å²) >= 11 is 0. The number of ketones is 1. The van der Waals surface area contributed by atoms with Gasteiger partial charge < -0.3 is 9.47 Å². The van der Waals surface area contributed by atoms with Gasteiger partial charge in [-0.15, -0.1) is 0 Å². The van der Waals surface area contributed by atoms with Crippen LogP contribution in [-0.2, 0) is 17.6 Å². The Bertz CT molecular complexity index is 655. The lowest BCUT2D eigenvalue weighted by atomic mass is 9.83. The van der Waals surface area contributed by atoms with Gasteiger partial charge in [-0.2, -0.15) is 0 Å². The monoisotopic (exact) mass is 314 g/mol. The largest absolute Gasteiger partial charge is 0.493 e. The molecule has 23 heavy (non-hydrogen) atoms. The zero-order valence-electron chi connectivity index (χ0n) is 14.6. The predicted octanol–water partition coefficient (Wildman–Crippen LogP) is 4.22. The normalized spacial score (nSPS) is 20.5. The molecule has 1 unspecified atom stereocenters. The van der Waals surface area contributed by atoms with Crippen molar-refractivity contribution in [2.45, 2.75) is 51.9 Å². The van der Waals surface area contributed by atoms with E-state index in [4.69, 9.17) is 9.47 Å². The quantitative estimate of drug-likeness (QED) is 0.838. The van der Waals surface area contributed by atoms with E-state index in [1.54, 1.807) is 14.2 Å². The maximum Gasteiger partial charge on any atom is 0.164 e. The molecule has 1 atom stereocenters. The number of carbonyl (C=O) groups is 1. The maximum absolute atomic E-state index is 11.7. The fourth-order valence-corrected chi connectivity index (χ4v) is 3.99. The summed E-state index contributed by atoms with van der Waals surface area (Å²) < 4.78 is 11.5. The Hall–Kier alpha value is -1.77. The smallest absolute Gasteiger partial charge is 0.164 e. The zero-order chi connectivity index (χ0) is 16.6. The summed E-state index contributed by atoms with van der Waals surface area (Å²) in [6.45, 7) is 4.36. The second-order valence-corrected chi connectivity index (χ2v) is 6.95. The van der Waals surface area contributed by atoms with Gasteiger partial charge in [0.25, 0.3) is 0 Å². The molecule has 1 aromatic carbocycles.